The van der Waals surface area contributed by atoms with Gasteiger partial charge in [-0.15, -0.1) is 0 Å². The topological polar surface area (TPSA) is 136 Å². The van der Waals surface area contributed by atoms with Crippen molar-refractivity contribution in [2.75, 3.05) is 163 Å². The molecule has 0 aromatic heterocycles. The van der Waals surface area contributed by atoms with Gasteiger partial charge < -0.3 is 63.1 Å². The van der Waals surface area contributed by atoms with E-state index in [1.807, 2.05) is 18.2 Å². The molecular formula is C49H68N4O10. The third-order valence-corrected chi connectivity index (χ3v) is 10.8. The maximum atomic E-state index is 14.4. The van der Waals surface area contributed by atoms with Gasteiger partial charge in [0.25, 0.3) is 0 Å². The summed E-state index contributed by atoms with van der Waals surface area (Å²) in [4.78, 5) is 21.1. The number of hydrogen-bond acceptors (Lipinski definition) is 14. The van der Waals surface area contributed by atoms with Crippen LogP contribution in [-0.2, 0) is 49.1 Å². The minimum Gasteiger partial charge on any atom is -0.456 e. The second kappa shape index (κ2) is 27.4. The lowest BCUT2D eigenvalue weighted by atomic mass is 9.86. The Morgan fingerprint density at radius 3 is 1.41 bits per heavy atom. The van der Waals surface area contributed by atoms with Gasteiger partial charge in [-0.2, -0.15) is 0 Å². The van der Waals surface area contributed by atoms with Crippen molar-refractivity contribution in [1.29, 1.82) is 0 Å². The van der Waals surface area contributed by atoms with Gasteiger partial charge in [0.15, 0.2) is 5.78 Å². The van der Waals surface area contributed by atoms with Gasteiger partial charge in [0, 0.05) is 131 Å². The van der Waals surface area contributed by atoms with Crippen molar-refractivity contribution in [1.82, 2.24) is 4.90 Å². The van der Waals surface area contributed by atoms with Gasteiger partial charge >= 0.3 is 0 Å². The Bertz CT molecular complexity index is 1820. The first-order valence-electron chi connectivity index (χ1n) is 21.9. The molecule has 14 heteroatoms. The van der Waals surface area contributed by atoms with Crippen LogP contribution in [0.25, 0.3) is 5.57 Å². The quantitative estimate of drug-likeness (QED) is 0.0358. The number of nitrogens with zero attached hydrogens (tertiary/aromatic N) is 3. The van der Waals surface area contributed by atoms with Gasteiger partial charge in [-0.1, -0.05) is 12.1 Å². The first kappa shape index (κ1) is 49.2. The van der Waals surface area contributed by atoms with Crippen LogP contribution < -0.4 is 20.3 Å². The van der Waals surface area contributed by atoms with Crippen LogP contribution >= 0.6 is 0 Å². The predicted molar refractivity (Wildman–Crippen MR) is 248 cm³/mol. The summed E-state index contributed by atoms with van der Waals surface area (Å²) in [5, 5.41) is 0. The van der Waals surface area contributed by atoms with E-state index >= 15 is 0 Å². The highest BCUT2D eigenvalue weighted by Crippen LogP contribution is 2.48. The zero-order valence-corrected chi connectivity index (χ0v) is 37.9. The number of nitrogens with two attached hydrogens (primary N) is 1. The molecule has 0 saturated heterocycles. The van der Waals surface area contributed by atoms with Crippen molar-refractivity contribution < 1.29 is 47.4 Å². The molecule has 0 spiro atoms. The molecule has 0 saturated carbocycles. The Labute approximate surface area is 374 Å². The van der Waals surface area contributed by atoms with Crippen LogP contribution in [0.1, 0.15) is 23.6 Å². The van der Waals surface area contributed by atoms with Crippen LogP contribution in [0.2, 0.25) is 0 Å². The van der Waals surface area contributed by atoms with Crippen molar-refractivity contribution in [2.24, 2.45) is 0 Å². The van der Waals surface area contributed by atoms with E-state index in [1.54, 1.807) is 34.5 Å². The smallest absolute Gasteiger partial charge is 0.188 e. The standard InChI is InChI=1S/C49H68N4O10/c1-6-51(18-17-38-7-9-39(50)10-8-38)40-11-14-43(46(54)35-40)49-44-15-12-41(52(19-23-59-31-27-55-2)20-24-60-32-28-56-3)36-47(44)63-48-37-42(13-16-45(48)49)53(21-25-61-33-29-57-4)22-26-62-34-30-58-5/h7-16,35-37H,6,17-34,50H2,1-5H3. The highest BCUT2D eigenvalue weighted by atomic mass is 16.5. The van der Waals surface area contributed by atoms with Crippen LogP contribution in [0.3, 0.4) is 0 Å². The number of ether oxygens (including phenoxy) is 9. The minimum absolute atomic E-state index is 0.0635. The number of allylic oxidation sites excluding steroid dienone is 4. The van der Waals surface area contributed by atoms with Gasteiger partial charge in [0.05, 0.1) is 79.3 Å². The van der Waals surface area contributed by atoms with E-state index in [2.05, 4.69) is 76.2 Å². The van der Waals surface area contributed by atoms with E-state index in [0.717, 1.165) is 59.0 Å². The number of carbonyl (C=O) groups is 1. The lowest BCUT2D eigenvalue weighted by Gasteiger charge is -2.31. The van der Waals surface area contributed by atoms with Crippen molar-refractivity contribution in [2.45, 2.75) is 13.3 Å². The third kappa shape index (κ3) is 15.2. The molecular weight excluding hydrogens is 805 g/mol. The molecule has 5 rings (SSSR count). The molecule has 1 aliphatic heterocycles. The molecule has 3 aromatic carbocycles. The summed E-state index contributed by atoms with van der Waals surface area (Å²) < 4.78 is 51.1. The molecule has 0 fully saturated rings. The summed E-state index contributed by atoms with van der Waals surface area (Å²) in [5.74, 6) is 1.24. The predicted octanol–water partition coefficient (Wildman–Crippen LogP) is 6.03. The van der Waals surface area contributed by atoms with Crippen LogP contribution in [-0.4, -0.2) is 158 Å². The Morgan fingerprint density at radius 1 is 0.540 bits per heavy atom. The van der Waals surface area contributed by atoms with Crippen LogP contribution in [0, 0.1) is 0 Å². The normalized spacial score (nSPS) is 13.2. The third-order valence-electron chi connectivity index (χ3n) is 10.8. The van der Waals surface area contributed by atoms with E-state index in [4.69, 9.17) is 48.4 Å². The number of fused-ring (bicyclic) bond motifs is 2. The van der Waals surface area contributed by atoms with Gasteiger partial charge in [-0.25, -0.2) is 0 Å². The molecule has 1 aliphatic carbocycles. The molecule has 344 valence electrons. The average Bonchev–Trinajstić information content (AvgIpc) is 3.29. The molecule has 63 heavy (non-hydrogen) atoms. The van der Waals surface area contributed by atoms with E-state index in [9.17, 15) is 4.79 Å². The van der Waals surface area contributed by atoms with Gasteiger partial charge in [0.2, 0.25) is 0 Å². The molecule has 14 nitrogen and oxygen atoms in total. The number of likely N-dealkylation sites (N-methyl/N-ethyl adjacent to an activating group) is 1. The van der Waals surface area contributed by atoms with Crippen LogP contribution in [0.4, 0.5) is 17.1 Å². The largest absolute Gasteiger partial charge is 0.456 e. The number of carbonyl (C=O) groups excluding carboxylic acids is 1. The number of hydrogen-bond donors (Lipinski definition) is 1. The molecule has 2 N–H and O–H groups in total. The molecule has 0 amide bonds. The van der Waals surface area contributed by atoms with Crippen LogP contribution in [0.15, 0.2) is 90.2 Å². The molecule has 1 heterocycles. The maximum absolute atomic E-state index is 14.4. The minimum atomic E-state index is -0.0635. The summed E-state index contributed by atoms with van der Waals surface area (Å²) >= 11 is 0. The number of benzene rings is 3. The first-order valence-corrected chi connectivity index (χ1v) is 21.9. The van der Waals surface area contributed by atoms with Crippen molar-refractivity contribution in [3.8, 4) is 11.5 Å². The summed E-state index contributed by atoms with van der Waals surface area (Å²) in [5.41, 5.74) is 13.7. The number of methoxy groups -OCH3 is 4. The van der Waals surface area contributed by atoms with Crippen LogP contribution in [0.5, 0.6) is 11.5 Å². The fourth-order valence-electron chi connectivity index (χ4n) is 7.30. The van der Waals surface area contributed by atoms with E-state index in [1.165, 1.54) is 5.56 Å². The summed E-state index contributed by atoms with van der Waals surface area (Å²) in [6.07, 6.45) is 6.60. The average molecular weight is 873 g/mol. The molecule has 3 aromatic rings. The lowest BCUT2D eigenvalue weighted by molar-refractivity contribution is -0.111. The molecule has 0 atom stereocenters. The summed E-state index contributed by atoms with van der Waals surface area (Å²) in [6, 6.07) is 20.3. The Balaban J connectivity index is 1.50. The van der Waals surface area contributed by atoms with Gasteiger partial charge in [-0.3, -0.25) is 4.79 Å². The second-order valence-corrected chi connectivity index (χ2v) is 15.0. The SMILES string of the molecule is CCN(CCc1ccc(N)cc1)C1=CC(=O)C(=C2c3ccc(N(CCOCCOC)CCOCCOC)cc3Oc3cc(N(CCOCCOC)CCOCCOC)ccc32)C=C1. The Morgan fingerprint density at radius 2 is 1.00 bits per heavy atom. The molecule has 0 radical (unpaired) electrons. The lowest BCUT2D eigenvalue weighted by Crippen LogP contribution is -2.32. The van der Waals surface area contributed by atoms with Crippen molar-refractivity contribution in [3.63, 3.8) is 0 Å². The maximum Gasteiger partial charge on any atom is 0.188 e. The van der Waals surface area contributed by atoms with Crippen molar-refractivity contribution in [3.05, 3.63) is 107 Å². The number of rotatable bonds is 31. The summed E-state index contributed by atoms with van der Waals surface area (Å²) in [6.45, 7) is 12.2. The van der Waals surface area contributed by atoms with E-state index in [0.29, 0.717) is 123 Å². The first-order chi connectivity index (χ1) is 30.9. The van der Waals surface area contributed by atoms with Crippen molar-refractivity contribution >= 4 is 28.4 Å². The van der Waals surface area contributed by atoms with Gasteiger partial charge in [0.1, 0.15) is 11.5 Å². The zero-order valence-electron chi connectivity index (χ0n) is 37.9. The molecule has 2 aliphatic rings. The zero-order chi connectivity index (χ0) is 44.7. The highest BCUT2D eigenvalue weighted by Gasteiger charge is 2.29. The molecule has 0 unspecified atom stereocenters. The highest BCUT2D eigenvalue weighted by molar-refractivity contribution is 6.16. The number of nitrogen functional groups attached to an aromatic ring is 1. The Hall–Kier alpha value is -4.77. The fraction of sp³-hybridized carbons (Fsp3) is 0.490. The van der Waals surface area contributed by atoms with Gasteiger partial charge in [-0.05, 0) is 67.5 Å². The number of anilines is 3. The summed E-state index contributed by atoms with van der Waals surface area (Å²) in [7, 11) is 6.65. The van der Waals surface area contributed by atoms with E-state index in [-0.39, 0.29) is 5.78 Å². The number of ketones is 1. The second-order valence-electron chi connectivity index (χ2n) is 15.0. The monoisotopic (exact) mass is 872 g/mol. The Kier molecular flexibility index (Phi) is 21.4. The fourth-order valence-corrected chi connectivity index (χ4v) is 7.30. The van der Waals surface area contributed by atoms with E-state index < -0.39 is 0 Å². The molecule has 0 bridgehead atoms.